The number of nitrogens with one attached hydrogen (secondary N) is 1. The van der Waals surface area contributed by atoms with Crippen molar-refractivity contribution in [1.82, 2.24) is 4.98 Å². The predicted octanol–water partition coefficient (Wildman–Crippen LogP) is 7.16. The Kier molecular flexibility index (Phi) is 5.54. The van der Waals surface area contributed by atoms with Crippen LogP contribution in [0.5, 0.6) is 0 Å². The number of para-hydroxylation sites is 1. The number of aromatic amines is 1. The van der Waals surface area contributed by atoms with Gasteiger partial charge in [0.1, 0.15) is 0 Å². The van der Waals surface area contributed by atoms with Crippen LogP contribution < -0.4 is 4.90 Å². The van der Waals surface area contributed by atoms with Crippen molar-refractivity contribution in [3.8, 4) is 11.3 Å². The molecule has 2 nitrogen and oxygen atoms in total. The summed E-state index contributed by atoms with van der Waals surface area (Å²) in [6, 6.07) is 28.7. The normalized spacial score (nSPS) is 15.0. The predicted molar refractivity (Wildman–Crippen MR) is 131 cm³/mol. The fourth-order valence-electron chi connectivity index (χ4n) is 4.48. The van der Waals surface area contributed by atoms with E-state index in [1.165, 1.54) is 51.1 Å². The Labute approximate surface area is 183 Å². The number of hydrogen-bond donors (Lipinski definition) is 1. The molecule has 1 aliphatic heterocycles. The van der Waals surface area contributed by atoms with Crippen molar-refractivity contribution in [1.29, 1.82) is 0 Å². The molecule has 0 aliphatic carbocycles. The van der Waals surface area contributed by atoms with Gasteiger partial charge < -0.3 is 9.88 Å². The number of nitrogens with zero attached hydrogens (tertiary/aromatic N) is 1. The van der Waals surface area contributed by atoms with E-state index >= 15 is 0 Å². The van der Waals surface area contributed by atoms with E-state index in [1.54, 1.807) is 0 Å². The largest absolute Gasteiger partial charge is 0.371 e. The first-order chi connectivity index (χ1) is 14.8. The maximum atomic E-state index is 3.66. The molecule has 0 bridgehead atoms. The molecule has 0 spiro atoms. The topological polar surface area (TPSA) is 19.0 Å². The van der Waals surface area contributed by atoms with Crippen LogP contribution in [0.4, 0.5) is 5.69 Å². The van der Waals surface area contributed by atoms with Gasteiger partial charge in [-0.25, -0.2) is 0 Å². The van der Waals surface area contributed by atoms with Gasteiger partial charge in [0.15, 0.2) is 0 Å². The first-order valence-electron chi connectivity index (χ1n) is 10.9. The maximum Gasteiger partial charge on any atom is 0.0486 e. The zero-order chi connectivity index (χ0) is 20.3. The lowest BCUT2D eigenvalue weighted by Gasteiger charge is -2.22. The van der Waals surface area contributed by atoms with Crippen LogP contribution in [0.3, 0.4) is 0 Å². The summed E-state index contributed by atoms with van der Waals surface area (Å²) < 4.78 is 0. The first-order valence-corrected chi connectivity index (χ1v) is 11.8. The zero-order valence-electron chi connectivity index (χ0n) is 17.5. The average molecular weight is 413 g/mol. The second-order valence-corrected chi connectivity index (χ2v) is 9.77. The summed E-state index contributed by atoms with van der Waals surface area (Å²) in [6.45, 7) is 4.64. The third-order valence-electron chi connectivity index (χ3n) is 5.94. The highest BCUT2D eigenvalue weighted by molar-refractivity contribution is 8.00. The van der Waals surface area contributed by atoms with Crippen LogP contribution in [0, 0.1) is 0 Å². The molecule has 1 N–H and O–H groups in total. The lowest BCUT2D eigenvalue weighted by atomic mass is 10.1. The van der Waals surface area contributed by atoms with Gasteiger partial charge in [0, 0.05) is 51.1 Å². The number of fused-ring (bicyclic) bond motifs is 1. The maximum absolute atomic E-state index is 3.66. The molecule has 3 aromatic carbocycles. The second-order valence-electron chi connectivity index (χ2n) is 8.26. The Bertz CT molecular complexity index is 1090. The number of anilines is 1. The lowest BCUT2D eigenvalue weighted by molar-refractivity contribution is 0.941. The Hall–Kier alpha value is -2.65. The first kappa shape index (κ1) is 19.3. The molecular formula is C27H28N2S. The van der Waals surface area contributed by atoms with Crippen LogP contribution in [-0.2, 0) is 6.42 Å². The van der Waals surface area contributed by atoms with E-state index in [9.17, 15) is 0 Å². The Morgan fingerprint density at radius 1 is 0.900 bits per heavy atom. The fourth-order valence-corrected chi connectivity index (χ4v) is 5.55. The third-order valence-corrected chi connectivity index (χ3v) is 7.03. The minimum atomic E-state index is 0.528. The van der Waals surface area contributed by atoms with Crippen LogP contribution in [0.15, 0.2) is 83.8 Å². The summed E-state index contributed by atoms with van der Waals surface area (Å²) in [7, 11) is 0. The molecule has 2 heterocycles. The highest BCUT2D eigenvalue weighted by Crippen LogP contribution is 2.38. The standard InChI is InChI=1S/C27H28N2S/c1-20(17-21-9-3-2-4-10-21)30-23-13-14-27(29-15-7-8-16-29)24(19-23)26-18-22-11-5-6-12-25(22)28-26/h2-6,9-14,18-20,28H,7-8,15-17H2,1H3. The minimum Gasteiger partial charge on any atom is -0.371 e. The van der Waals surface area contributed by atoms with Gasteiger partial charge in [0.25, 0.3) is 0 Å². The van der Waals surface area contributed by atoms with Gasteiger partial charge in [-0.2, -0.15) is 0 Å². The summed E-state index contributed by atoms with van der Waals surface area (Å²) in [5.41, 5.74) is 6.51. The van der Waals surface area contributed by atoms with Gasteiger partial charge in [-0.05, 0) is 55.2 Å². The monoisotopic (exact) mass is 412 g/mol. The average Bonchev–Trinajstić information content (AvgIpc) is 3.44. The van der Waals surface area contributed by atoms with Crippen molar-refractivity contribution in [2.45, 2.75) is 36.3 Å². The molecule has 152 valence electrons. The molecule has 3 heteroatoms. The minimum absolute atomic E-state index is 0.528. The Morgan fingerprint density at radius 2 is 1.67 bits per heavy atom. The quantitative estimate of drug-likeness (QED) is 0.339. The van der Waals surface area contributed by atoms with Gasteiger partial charge in [-0.1, -0.05) is 55.5 Å². The summed E-state index contributed by atoms with van der Waals surface area (Å²) in [4.78, 5) is 7.55. The number of thioether (sulfide) groups is 1. The number of H-pyrrole nitrogens is 1. The third kappa shape index (κ3) is 4.13. The van der Waals surface area contributed by atoms with Crippen molar-refractivity contribution >= 4 is 28.4 Å². The molecule has 4 aromatic rings. The highest BCUT2D eigenvalue weighted by Gasteiger charge is 2.19. The Morgan fingerprint density at radius 3 is 2.47 bits per heavy atom. The van der Waals surface area contributed by atoms with Crippen molar-refractivity contribution in [2.24, 2.45) is 0 Å². The van der Waals surface area contributed by atoms with Crippen molar-refractivity contribution in [3.63, 3.8) is 0 Å². The van der Waals surface area contributed by atoms with Crippen LogP contribution in [-0.4, -0.2) is 23.3 Å². The smallest absolute Gasteiger partial charge is 0.0486 e. The SMILES string of the molecule is CC(Cc1ccccc1)Sc1ccc(N2CCCC2)c(-c2cc3ccccc3[nH]2)c1. The van der Waals surface area contributed by atoms with E-state index in [4.69, 9.17) is 0 Å². The van der Waals surface area contributed by atoms with E-state index < -0.39 is 0 Å². The van der Waals surface area contributed by atoms with Crippen LogP contribution in [0.1, 0.15) is 25.3 Å². The molecule has 30 heavy (non-hydrogen) atoms. The molecule has 0 radical (unpaired) electrons. The van der Waals surface area contributed by atoms with E-state index in [-0.39, 0.29) is 0 Å². The number of rotatable bonds is 6. The molecule has 0 amide bonds. The van der Waals surface area contributed by atoms with Gasteiger partial charge in [-0.15, -0.1) is 11.8 Å². The number of hydrogen-bond acceptors (Lipinski definition) is 2. The van der Waals surface area contributed by atoms with Gasteiger partial charge in [0.05, 0.1) is 0 Å². The van der Waals surface area contributed by atoms with Gasteiger partial charge >= 0.3 is 0 Å². The van der Waals surface area contributed by atoms with Gasteiger partial charge in [0.2, 0.25) is 0 Å². The lowest BCUT2D eigenvalue weighted by Crippen LogP contribution is -2.18. The molecule has 1 atom stereocenters. The number of benzene rings is 3. The molecule has 1 saturated heterocycles. The van der Waals surface area contributed by atoms with Crippen molar-refractivity contribution in [2.75, 3.05) is 18.0 Å². The van der Waals surface area contributed by atoms with Crippen LogP contribution in [0.2, 0.25) is 0 Å². The number of aromatic nitrogens is 1. The summed E-state index contributed by atoms with van der Waals surface area (Å²) in [5, 5.41) is 1.80. The van der Waals surface area contributed by atoms with E-state index in [1.807, 2.05) is 11.8 Å². The molecule has 1 aromatic heterocycles. The summed E-state index contributed by atoms with van der Waals surface area (Å²) in [5.74, 6) is 0. The summed E-state index contributed by atoms with van der Waals surface area (Å²) >= 11 is 1.97. The van der Waals surface area contributed by atoms with Gasteiger partial charge in [-0.3, -0.25) is 0 Å². The molecule has 1 unspecified atom stereocenters. The van der Waals surface area contributed by atoms with E-state index in [2.05, 4.69) is 95.7 Å². The zero-order valence-corrected chi connectivity index (χ0v) is 18.3. The molecule has 5 rings (SSSR count). The fraction of sp³-hybridized carbons (Fsp3) is 0.259. The van der Waals surface area contributed by atoms with E-state index in [0.29, 0.717) is 5.25 Å². The summed E-state index contributed by atoms with van der Waals surface area (Å²) in [6.07, 6.45) is 3.66. The van der Waals surface area contributed by atoms with Crippen molar-refractivity contribution < 1.29 is 0 Å². The van der Waals surface area contributed by atoms with Crippen LogP contribution >= 0.6 is 11.8 Å². The molecule has 1 aliphatic rings. The molecule has 1 fully saturated rings. The van der Waals surface area contributed by atoms with Crippen molar-refractivity contribution in [3.05, 3.63) is 84.4 Å². The Balaban J connectivity index is 1.46. The van der Waals surface area contributed by atoms with E-state index in [0.717, 1.165) is 19.5 Å². The van der Waals surface area contributed by atoms with Crippen LogP contribution in [0.25, 0.3) is 22.2 Å². The molecular weight excluding hydrogens is 384 g/mol. The second kappa shape index (κ2) is 8.61. The molecule has 0 saturated carbocycles. The highest BCUT2D eigenvalue weighted by atomic mass is 32.2.